The minimum Gasteiger partial charge on any atom is -0.493 e. The van der Waals surface area contributed by atoms with Crippen molar-refractivity contribution in [1.29, 1.82) is 0 Å². The van der Waals surface area contributed by atoms with Crippen LogP contribution in [0, 0.1) is 0 Å². The van der Waals surface area contributed by atoms with Gasteiger partial charge < -0.3 is 14.6 Å². The summed E-state index contributed by atoms with van der Waals surface area (Å²) in [6.07, 6.45) is -4.81. The maximum Gasteiger partial charge on any atom is 0.420 e. The Bertz CT molecular complexity index is 522. The van der Waals surface area contributed by atoms with Gasteiger partial charge in [-0.25, -0.2) is 4.79 Å². The first-order valence-electron chi connectivity index (χ1n) is 4.83. The Morgan fingerprint density at radius 1 is 1.16 bits per heavy atom. The van der Waals surface area contributed by atoms with Gasteiger partial charge in [0.1, 0.15) is 5.56 Å². The summed E-state index contributed by atoms with van der Waals surface area (Å²) in [6, 6.07) is 1.29. The maximum absolute atomic E-state index is 12.8. The molecule has 0 spiro atoms. The lowest BCUT2D eigenvalue weighted by Crippen LogP contribution is -2.16. The van der Waals surface area contributed by atoms with Crippen LogP contribution in [0.25, 0.3) is 0 Å². The molecule has 0 heterocycles. The molecule has 0 saturated heterocycles. The molecule has 0 bridgehead atoms. The van der Waals surface area contributed by atoms with Crippen LogP contribution in [0.1, 0.15) is 15.9 Å². The van der Waals surface area contributed by atoms with Crippen LogP contribution >= 0.6 is 0 Å². The van der Waals surface area contributed by atoms with Crippen molar-refractivity contribution in [3.05, 3.63) is 23.3 Å². The quantitative estimate of drug-likeness (QED) is 0.673. The van der Waals surface area contributed by atoms with E-state index in [2.05, 4.69) is 9.47 Å². The molecule has 0 radical (unpaired) electrons. The molecule has 0 amide bonds. The van der Waals surface area contributed by atoms with Crippen molar-refractivity contribution in [2.45, 2.75) is 6.18 Å². The zero-order chi connectivity index (χ0) is 14.8. The van der Waals surface area contributed by atoms with E-state index in [0.717, 1.165) is 20.3 Å². The van der Waals surface area contributed by atoms with Crippen LogP contribution in [0.15, 0.2) is 12.1 Å². The third-order valence-electron chi connectivity index (χ3n) is 2.24. The number of halogens is 3. The van der Waals surface area contributed by atoms with E-state index in [4.69, 9.17) is 5.11 Å². The molecule has 0 unspecified atom stereocenters. The van der Waals surface area contributed by atoms with Gasteiger partial charge in [-0.05, 0) is 12.1 Å². The molecular weight excluding hydrogens is 269 g/mol. The molecule has 0 aliphatic rings. The molecule has 1 aromatic rings. The molecule has 0 atom stereocenters. The van der Waals surface area contributed by atoms with Crippen molar-refractivity contribution in [3.63, 3.8) is 0 Å². The van der Waals surface area contributed by atoms with E-state index in [1.807, 2.05) is 0 Å². The minimum atomic E-state index is -4.81. The molecule has 0 aromatic heterocycles. The van der Waals surface area contributed by atoms with Crippen molar-refractivity contribution in [1.82, 2.24) is 0 Å². The van der Waals surface area contributed by atoms with Gasteiger partial charge in [0.25, 0.3) is 5.78 Å². The fourth-order valence-electron chi connectivity index (χ4n) is 1.43. The highest BCUT2D eigenvalue weighted by Gasteiger charge is 2.37. The Morgan fingerprint density at radius 2 is 1.74 bits per heavy atom. The van der Waals surface area contributed by atoms with Crippen LogP contribution in [-0.2, 0) is 11.0 Å². The van der Waals surface area contributed by atoms with Gasteiger partial charge in [0, 0.05) is 5.56 Å². The van der Waals surface area contributed by atoms with Crippen LogP contribution < -0.4 is 9.47 Å². The van der Waals surface area contributed by atoms with Crippen LogP contribution in [0.5, 0.6) is 11.5 Å². The third kappa shape index (κ3) is 2.95. The molecular formula is C11H9F3O5. The number of hydrogen-bond acceptors (Lipinski definition) is 4. The van der Waals surface area contributed by atoms with Crippen LogP contribution in [0.3, 0.4) is 0 Å². The van der Waals surface area contributed by atoms with E-state index in [9.17, 15) is 22.8 Å². The number of methoxy groups -OCH3 is 2. The summed E-state index contributed by atoms with van der Waals surface area (Å²) in [6.45, 7) is 0. The predicted molar refractivity (Wildman–Crippen MR) is 56.5 cm³/mol. The lowest BCUT2D eigenvalue weighted by molar-refractivity contribution is -0.139. The van der Waals surface area contributed by atoms with Crippen LogP contribution in [0.2, 0.25) is 0 Å². The SMILES string of the molecule is COc1cc(C(=O)C(=O)O)cc(C(F)(F)F)c1OC. The molecule has 8 heteroatoms. The number of hydrogen-bond donors (Lipinski definition) is 1. The topological polar surface area (TPSA) is 72.8 Å². The molecule has 1 N–H and O–H groups in total. The number of Topliss-reactive ketones (excluding diaryl/α,β-unsaturated/α-hetero) is 1. The van der Waals surface area contributed by atoms with Gasteiger partial charge in [0.2, 0.25) is 0 Å². The number of carbonyl (C=O) groups excluding carboxylic acids is 1. The zero-order valence-corrected chi connectivity index (χ0v) is 9.87. The van der Waals surface area contributed by atoms with E-state index in [0.29, 0.717) is 6.07 Å². The van der Waals surface area contributed by atoms with E-state index < -0.39 is 34.8 Å². The molecule has 1 aromatic carbocycles. The second-order valence-electron chi connectivity index (χ2n) is 3.39. The number of rotatable bonds is 4. The first-order valence-corrected chi connectivity index (χ1v) is 4.83. The van der Waals surface area contributed by atoms with Crippen molar-refractivity contribution in [2.75, 3.05) is 14.2 Å². The summed E-state index contributed by atoms with van der Waals surface area (Å²) in [5, 5.41) is 8.52. The summed E-state index contributed by atoms with van der Waals surface area (Å²) >= 11 is 0. The molecule has 0 aliphatic heterocycles. The van der Waals surface area contributed by atoms with Crippen LogP contribution in [-0.4, -0.2) is 31.1 Å². The molecule has 0 fully saturated rings. The standard InChI is InChI=1S/C11H9F3O5/c1-18-7-4-5(8(15)10(16)17)3-6(9(7)19-2)11(12,13)14/h3-4H,1-2H3,(H,16,17). The second-order valence-corrected chi connectivity index (χ2v) is 3.39. The Balaban J connectivity index is 3.56. The second kappa shape index (κ2) is 5.17. The Hall–Kier alpha value is -2.25. The monoisotopic (exact) mass is 278 g/mol. The van der Waals surface area contributed by atoms with E-state index >= 15 is 0 Å². The fourth-order valence-corrected chi connectivity index (χ4v) is 1.43. The number of aliphatic carboxylic acids is 1. The Labute approximate surface area is 105 Å². The highest BCUT2D eigenvalue weighted by atomic mass is 19.4. The van der Waals surface area contributed by atoms with Gasteiger partial charge in [-0.1, -0.05) is 0 Å². The average molecular weight is 278 g/mol. The third-order valence-corrected chi connectivity index (χ3v) is 2.24. The molecule has 0 aliphatic carbocycles. The predicted octanol–water partition coefficient (Wildman–Crippen LogP) is 1.99. The zero-order valence-electron chi connectivity index (χ0n) is 9.87. The lowest BCUT2D eigenvalue weighted by atomic mass is 10.0. The van der Waals surface area contributed by atoms with Gasteiger partial charge in [0.05, 0.1) is 14.2 Å². The normalized spacial score (nSPS) is 11.0. The largest absolute Gasteiger partial charge is 0.493 e. The average Bonchev–Trinajstić information content (AvgIpc) is 2.34. The summed E-state index contributed by atoms with van der Waals surface area (Å²) in [5.74, 6) is -4.31. The number of carboxylic acid groups (broad SMARTS) is 1. The first-order chi connectivity index (χ1) is 8.72. The number of ketones is 1. The van der Waals surface area contributed by atoms with Gasteiger partial charge in [0.15, 0.2) is 11.5 Å². The maximum atomic E-state index is 12.8. The van der Waals surface area contributed by atoms with Gasteiger partial charge in [-0.3, -0.25) is 4.79 Å². The summed E-state index contributed by atoms with van der Waals surface area (Å²) in [4.78, 5) is 21.7. The van der Waals surface area contributed by atoms with E-state index in [-0.39, 0.29) is 5.75 Å². The van der Waals surface area contributed by atoms with Gasteiger partial charge >= 0.3 is 12.1 Å². The number of alkyl halides is 3. The van der Waals surface area contributed by atoms with Crippen molar-refractivity contribution >= 4 is 11.8 Å². The summed E-state index contributed by atoms with van der Waals surface area (Å²) in [5.41, 5.74) is -1.92. The number of ether oxygens (including phenoxy) is 2. The first kappa shape index (κ1) is 14.8. The molecule has 0 saturated carbocycles. The highest BCUT2D eigenvalue weighted by Crippen LogP contribution is 2.42. The lowest BCUT2D eigenvalue weighted by Gasteiger charge is -2.16. The number of carbonyl (C=O) groups is 2. The molecule has 19 heavy (non-hydrogen) atoms. The van der Waals surface area contributed by atoms with Crippen LogP contribution in [0.4, 0.5) is 13.2 Å². The van der Waals surface area contributed by atoms with Gasteiger partial charge in [-0.2, -0.15) is 13.2 Å². The molecule has 5 nitrogen and oxygen atoms in total. The summed E-state index contributed by atoms with van der Waals surface area (Å²) in [7, 11) is 2.08. The Kier molecular flexibility index (Phi) is 4.03. The highest BCUT2D eigenvalue weighted by molar-refractivity contribution is 6.40. The summed E-state index contributed by atoms with van der Waals surface area (Å²) < 4.78 is 47.7. The van der Waals surface area contributed by atoms with Crippen molar-refractivity contribution < 1.29 is 37.3 Å². The Morgan fingerprint density at radius 3 is 2.11 bits per heavy atom. The number of carboxylic acids is 1. The number of benzene rings is 1. The fraction of sp³-hybridized carbons (Fsp3) is 0.273. The molecule has 1 rings (SSSR count). The van der Waals surface area contributed by atoms with E-state index in [1.54, 1.807) is 0 Å². The van der Waals surface area contributed by atoms with E-state index in [1.165, 1.54) is 0 Å². The smallest absolute Gasteiger partial charge is 0.420 e. The minimum absolute atomic E-state index is 0.373. The van der Waals surface area contributed by atoms with Crippen molar-refractivity contribution in [2.24, 2.45) is 0 Å². The van der Waals surface area contributed by atoms with Gasteiger partial charge in [-0.15, -0.1) is 0 Å². The van der Waals surface area contributed by atoms with Crippen molar-refractivity contribution in [3.8, 4) is 11.5 Å². The molecule has 104 valence electrons.